The Kier molecular flexibility index (Phi) is 3.94. The molecule has 0 saturated heterocycles. The van der Waals surface area contributed by atoms with Gasteiger partial charge >= 0.3 is 0 Å². The Labute approximate surface area is 125 Å². The minimum atomic E-state index is -0.529. The van der Waals surface area contributed by atoms with Crippen LogP contribution in [0.4, 0.5) is 10.2 Å². The summed E-state index contributed by atoms with van der Waals surface area (Å²) in [5, 5.41) is 33.3. The number of nitrogens with zero attached hydrogens (tertiary/aromatic N) is 4. The molecule has 3 aromatic rings. The predicted molar refractivity (Wildman–Crippen MR) is 77.8 cm³/mol. The third-order valence-electron chi connectivity index (χ3n) is 3.17. The van der Waals surface area contributed by atoms with Gasteiger partial charge in [0.25, 0.3) is 0 Å². The lowest BCUT2D eigenvalue weighted by Crippen LogP contribution is -2.28. The van der Waals surface area contributed by atoms with Crippen LogP contribution in [0.25, 0.3) is 17.0 Å². The third-order valence-corrected chi connectivity index (χ3v) is 3.17. The van der Waals surface area contributed by atoms with Crippen molar-refractivity contribution in [3.63, 3.8) is 0 Å². The van der Waals surface area contributed by atoms with Crippen molar-refractivity contribution in [2.45, 2.75) is 6.04 Å². The monoisotopic (exact) mass is 303 g/mol. The Morgan fingerprint density at radius 3 is 2.59 bits per heavy atom. The fourth-order valence-electron chi connectivity index (χ4n) is 2.03. The number of nitrogens with one attached hydrogen (secondary N) is 1. The lowest BCUT2D eigenvalue weighted by atomic mass is 10.2. The van der Waals surface area contributed by atoms with Crippen molar-refractivity contribution in [2.24, 2.45) is 0 Å². The molecule has 0 radical (unpaired) electrons. The highest BCUT2D eigenvalue weighted by Gasteiger charge is 2.14. The Balaban J connectivity index is 2.04. The van der Waals surface area contributed by atoms with E-state index in [-0.39, 0.29) is 19.0 Å². The molecule has 22 heavy (non-hydrogen) atoms. The first kappa shape index (κ1) is 14.4. The molecule has 0 aliphatic rings. The summed E-state index contributed by atoms with van der Waals surface area (Å²) in [5.74, 6) is 0.278. The number of hydrogen-bond donors (Lipinski definition) is 3. The Bertz CT molecular complexity index is 788. The van der Waals surface area contributed by atoms with Crippen LogP contribution in [0.3, 0.4) is 0 Å². The van der Waals surface area contributed by atoms with Crippen molar-refractivity contribution in [1.82, 2.24) is 19.8 Å². The number of benzene rings is 1. The van der Waals surface area contributed by atoms with E-state index < -0.39 is 11.9 Å². The summed E-state index contributed by atoms with van der Waals surface area (Å²) in [6, 6.07) is 9.01. The second kappa shape index (κ2) is 6.04. The quantitative estimate of drug-likeness (QED) is 0.642. The van der Waals surface area contributed by atoms with E-state index in [1.807, 2.05) is 0 Å². The van der Waals surface area contributed by atoms with E-state index in [9.17, 15) is 4.39 Å². The molecule has 8 heteroatoms. The van der Waals surface area contributed by atoms with Gasteiger partial charge in [0.1, 0.15) is 11.6 Å². The molecule has 3 N–H and O–H groups in total. The maximum atomic E-state index is 13.9. The van der Waals surface area contributed by atoms with Crippen LogP contribution in [0.15, 0.2) is 36.4 Å². The zero-order valence-electron chi connectivity index (χ0n) is 11.5. The van der Waals surface area contributed by atoms with Gasteiger partial charge in [-0.3, -0.25) is 0 Å². The van der Waals surface area contributed by atoms with Gasteiger partial charge in [-0.2, -0.15) is 4.52 Å². The van der Waals surface area contributed by atoms with Gasteiger partial charge < -0.3 is 15.5 Å². The van der Waals surface area contributed by atoms with E-state index in [0.717, 1.165) is 0 Å². The van der Waals surface area contributed by atoms with E-state index in [4.69, 9.17) is 10.2 Å². The summed E-state index contributed by atoms with van der Waals surface area (Å²) in [4.78, 5) is 0. The molecule has 0 unspecified atom stereocenters. The topological polar surface area (TPSA) is 95.6 Å². The highest BCUT2D eigenvalue weighted by Crippen LogP contribution is 2.21. The number of aliphatic hydroxyl groups is 2. The minimum Gasteiger partial charge on any atom is -0.394 e. The molecule has 0 aliphatic heterocycles. The smallest absolute Gasteiger partial charge is 0.188 e. The summed E-state index contributed by atoms with van der Waals surface area (Å²) in [5.41, 5.74) is 0.758. The van der Waals surface area contributed by atoms with Crippen molar-refractivity contribution < 1.29 is 14.6 Å². The molecular weight excluding hydrogens is 289 g/mol. The first-order chi connectivity index (χ1) is 10.7. The van der Waals surface area contributed by atoms with Crippen LogP contribution in [-0.4, -0.2) is 49.3 Å². The van der Waals surface area contributed by atoms with Gasteiger partial charge in [-0.05, 0) is 24.3 Å². The number of hydrogen-bond acceptors (Lipinski definition) is 6. The van der Waals surface area contributed by atoms with Gasteiger partial charge in [-0.25, -0.2) is 4.39 Å². The number of halogens is 1. The average molecular weight is 303 g/mol. The molecule has 114 valence electrons. The molecule has 0 atom stereocenters. The number of rotatable bonds is 5. The second-order valence-electron chi connectivity index (χ2n) is 4.70. The van der Waals surface area contributed by atoms with E-state index in [0.29, 0.717) is 17.0 Å². The summed E-state index contributed by atoms with van der Waals surface area (Å²) in [6.07, 6.45) is 0. The minimum absolute atomic E-state index is 0.238. The fourth-order valence-corrected chi connectivity index (χ4v) is 2.03. The van der Waals surface area contributed by atoms with Crippen LogP contribution in [0.5, 0.6) is 0 Å². The van der Waals surface area contributed by atoms with Gasteiger partial charge in [-0.15, -0.1) is 15.3 Å². The molecule has 0 amide bonds. The maximum absolute atomic E-state index is 13.9. The summed E-state index contributed by atoms with van der Waals surface area (Å²) in [7, 11) is 0. The zero-order valence-corrected chi connectivity index (χ0v) is 11.5. The van der Waals surface area contributed by atoms with E-state index in [2.05, 4.69) is 20.6 Å². The largest absolute Gasteiger partial charge is 0.394 e. The van der Waals surface area contributed by atoms with Crippen molar-refractivity contribution in [2.75, 3.05) is 18.5 Å². The number of aliphatic hydroxyl groups excluding tert-OH is 2. The molecule has 0 spiro atoms. The van der Waals surface area contributed by atoms with Crippen molar-refractivity contribution >= 4 is 11.5 Å². The molecule has 0 bridgehead atoms. The normalized spacial score (nSPS) is 11.3. The number of anilines is 1. The van der Waals surface area contributed by atoms with Crippen LogP contribution in [0.2, 0.25) is 0 Å². The van der Waals surface area contributed by atoms with Gasteiger partial charge in [0.05, 0.1) is 24.8 Å². The Hall–Kier alpha value is -2.58. The Morgan fingerprint density at radius 1 is 1.09 bits per heavy atom. The summed E-state index contributed by atoms with van der Waals surface area (Å²) >= 11 is 0. The zero-order chi connectivity index (χ0) is 15.5. The van der Waals surface area contributed by atoms with Gasteiger partial charge in [-0.1, -0.05) is 12.1 Å². The fraction of sp³-hybridized carbons (Fsp3) is 0.214. The summed E-state index contributed by atoms with van der Waals surface area (Å²) in [6.45, 7) is -0.475. The lowest BCUT2D eigenvalue weighted by Gasteiger charge is -2.13. The van der Waals surface area contributed by atoms with Crippen LogP contribution < -0.4 is 5.32 Å². The predicted octanol–water partition coefficient (Wildman–Crippen LogP) is 0.695. The van der Waals surface area contributed by atoms with E-state index >= 15 is 0 Å². The standard InChI is InChI=1S/C14H14FN5O2/c15-11-4-2-1-3-10(11)14-18-17-13-6-5-12(19-20(13)14)16-9(7-21)8-22/h1-6,9,21-22H,7-8H2,(H,16,19). The first-order valence-electron chi connectivity index (χ1n) is 6.68. The van der Waals surface area contributed by atoms with Crippen molar-refractivity contribution in [1.29, 1.82) is 0 Å². The van der Waals surface area contributed by atoms with Crippen LogP contribution >= 0.6 is 0 Å². The first-order valence-corrected chi connectivity index (χ1v) is 6.68. The van der Waals surface area contributed by atoms with Gasteiger partial charge in [0, 0.05) is 0 Å². The van der Waals surface area contributed by atoms with Crippen LogP contribution in [0.1, 0.15) is 0 Å². The SMILES string of the molecule is OCC(CO)Nc1ccc2nnc(-c3ccccc3F)n2n1. The van der Waals surface area contributed by atoms with E-state index in [1.54, 1.807) is 30.3 Å². The average Bonchev–Trinajstić information content (AvgIpc) is 2.96. The van der Waals surface area contributed by atoms with Crippen molar-refractivity contribution in [3.05, 3.63) is 42.2 Å². The molecule has 2 heterocycles. The van der Waals surface area contributed by atoms with Crippen LogP contribution in [0, 0.1) is 5.82 Å². The second-order valence-corrected chi connectivity index (χ2v) is 4.70. The highest BCUT2D eigenvalue weighted by atomic mass is 19.1. The maximum Gasteiger partial charge on any atom is 0.188 e. The molecule has 0 aliphatic carbocycles. The molecule has 2 aromatic heterocycles. The van der Waals surface area contributed by atoms with Gasteiger partial charge in [0.15, 0.2) is 11.5 Å². The van der Waals surface area contributed by atoms with Gasteiger partial charge in [0.2, 0.25) is 0 Å². The van der Waals surface area contributed by atoms with Crippen molar-refractivity contribution in [3.8, 4) is 11.4 Å². The molecule has 0 fully saturated rings. The van der Waals surface area contributed by atoms with E-state index in [1.165, 1.54) is 10.6 Å². The lowest BCUT2D eigenvalue weighted by molar-refractivity contribution is 0.203. The summed E-state index contributed by atoms with van der Waals surface area (Å²) < 4.78 is 15.3. The molecular formula is C14H14FN5O2. The highest BCUT2D eigenvalue weighted by molar-refractivity contribution is 5.60. The molecule has 1 aromatic carbocycles. The molecule has 3 rings (SSSR count). The number of fused-ring (bicyclic) bond motifs is 1. The molecule has 0 saturated carbocycles. The third kappa shape index (κ3) is 2.61. The Morgan fingerprint density at radius 2 is 1.86 bits per heavy atom. The van der Waals surface area contributed by atoms with Crippen LogP contribution in [-0.2, 0) is 0 Å². The molecule has 7 nitrogen and oxygen atoms in total. The number of aromatic nitrogens is 4.